The molecule has 2 aliphatic heterocycles. The molecule has 1 aromatic carbocycles. The highest BCUT2D eigenvalue weighted by molar-refractivity contribution is 6.14. The third-order valence-electron chi connectivity index (χ3n) is 5.66. The van der Waals surface area contributed by atoms with Crippen LogP contribution in [0.5, 0.6) is 0 Å². The third-order valence-corrected chi connectivity index (χ3v) is 5.66. The lowest BCUT2D eigenvalue weighted by atomic mass is 9.96. The molecule has 158 valence electrons. The number of rotatable bonds is 3. The zero-order valence-corrected chi connectivity index (χ0v) is 16.6. The SMILES string of the molecule is C=C1Nc2cc(N)c(C(=N)c3ccnc(C)c3)cc2CN1C1CCN(C(F)(F)F)C1. The van der Waals surface area contributed by atoms with Crippen molar-refractivity contribution in [2.75, 3.05) is 24.1 Å². The van der Waals surface area contributed by atoms with Crippen LogP contribution in [0.3, 0.4) is 0 Å². The number of likely N-dealkylation sites (tertiary alicyclic amines) is 1. The second kappa shape index (κ2) is 7.32. The predicted octanol–water partition coefficient (Wildman–Crippen LogP) is 3.68. The molecule has 3 heterocycles. The van der Waals surface area contributed by atoms with Crippen molar-refractivity contribution in [3.8, 4) is 0 Å². The summed E-state index contributed by atoms with van der Waals surface area (Å²) in [5, 5.41) is 11.8. The highest BCUT2D eigenvalue weighted by Crippen LogP contribution is 2.36. The lowest BCUT2D eigenvalue weighted by Gasteiger charge is -2.38. The normalized spacial score (nSPS) is 19.5. The molecule has 6 nitrogen and oxygen atoms in total. The Kier molecular flexibility index (Phi) is 4.93. The van der Waals surface area contributed by atoms with Crippen LogP contribution >= 0.6 is 0 Å². The van der Waals surface area contributed by atoms with Crippen LogP contribution in [0.25, 0.3) is 0 Å². The summed E-state index contributed by atoms with van der Waals surface area (Å²) in [7, 11) is 0. The molecule has 1 fully saturated rings. The number of nitrogens with two attached hydrogens (primary N) is 1. The Labute approximate surface area is 172 Å². The zero-order valence-electron chi connectivity index (χ0n) is 16.6. The molecule has 0 amide bonds. The lowest BCUT2D eigenvalue weighted by molar-refractivity contribution is -0.239. The van der Waals surface area contributed by atoms with Gasteiger partial charge < -0.3 is 16.0 Å². The largest absolute Gasteiger partial charge is 0.459 e. The molecule has 2 aliphatic rings. The summed E-state index contributed by atoms with van der Waals surface area (Å²) in [6, 6.07) is 6.88. The summed E-state index contributed by atoms with van der Waals surface area (Å²) in [5.74, 6) is 0.559. The molecule has 1 aromatic heterocycles. The van der Waals surface area contributed by atoms with Crippen LogP contribution < -0.4 is 11.1 Å². The van der Waals surface area contributed by atoms with Gasteiger partial charge in [0.05, 0.1) is 11.5 Å². The number of aromatic nitrogens is 1. The number of aryl methyl sites for hydroxylation is 1. The maximum absolute atomic E-state index is 13.0. The summed E-state index contributed by atoms with van der Waals surface area (Å²) in [6.45, 7) is 6.15. The van der Waals surface area contributed by atoms with Crippen LogP contribution in [0.1, 0.15) is 28.8 Å². The average molecular weight is 416 g/mol. The Morgan fingerprint density at radius 1 is 1.33 bits per heavy atom. The minimum atomic E-state index is -4.32. The first-order valence-corrected chi connectivity index (χ1v) is 9.62. The molecule has 4 N–H and O–H groups in total. The second-order valence-corrected chi connectivity index (χ2v) is 7.71. The number of benzene rings is 1. The van der Waals surface area contributed by atoms with Gasteiger partial charge in [-0.1, -0.05) is 6.58 Å². The maximum atomic E-state index is 13.0. The summed E-state index contributed by atoms with van der Waals surface area (Å²) in [5.41, 5.74) is 10.7. The van der Waals surface area contributed by atoms with Gasteiger partial charge in [-0.15, -0.1) is 0 Å². The van der Waals surface area contributed by atoms with Crippen LogP contribution in [0, 0.1) is 12.3 Å². The second-order valence-electron chi connectivity index (χ2n) is 7.71. The number of nitrogen functional groups attached to an aromatic ring is 1. The molecular formula is C21H23F3N6. The standard InChI is InChI=1S/C21H23F3N6/c1-12-7-14(3-5-27-12)20(26)17-8-15-10-30(13(2)28-19(15)9-18(17)25)16-4-6-29(11-16)21(22,23)24/h3,5,7-9,16,26,28H,2,4,6,10-11,25H2,1H3. The first-order valence-electron chi connectivity index (χ1n) is 9.62. The van der Waals surface area contributed by atoms with E-state index >= 15 is 0 Å². The van der Waals surface area contributed by atoms with Gasteiger partial charge in [-0.3, -0.25) is 10.4 Å². The Morgan fingerprint density at radius 3 is 2.77 bits per heavy atom. The number of hydrogen-bond donors (Lipinski definition) is 3. The van der Waals surface area contributed by atoms with Gasteiger partial charge in [-0.25, -0.2) is 4.90 Å². The van der Waals surface area contributed by atoms with Crippen LogP contribution in [0.15, 0.2) is 42.9 Å². The van der Waals surface area contributed by atoms with Crippen LogP contribution in [0.2, 0.25) is 0 Å². The smallest absolute Gasteiger partial charge is 0.398 e. The fourth-order valence-electron chi connectivity index (χ4n) is 4.06. The molecule has 0 bridgehead atoms. The van der Waals surface area contributed by atoms with Crippen molar-refractivity contribution in [3.63, 3.8) is 0 Å². The summed E-state index contributed by atoms with van der Waals surface area (Å²) < 4.78 is 39.1. The van der Waals surface area contributed by atoms with Gasteiger partial charge >= 0.3 is 6.30 Å². The minimum absolute atomic E-state index is 0.0240. The van der Waals surface area contributed by atoms with Gasteiger partial charge in [0.25, 0.3) is 0 Å². The van der Waals surface area contributed by atoms with E-state index in [2.05, 4.69) is 16.9 Å². The molecule has 2 aromatic rings. The fourth-order valence-corrected chi connectivity index (χ4v) is 4.06. The quantitative estimate of drug-likeness (QED) is 0.404. The maximum Gasteiger partial charge on any atom is 0.459 e. The fraction of sp³-hybridized carbons (Fsp3) is 0.333. The van der Waals surface area contributed by atoms with E-state index in [4.69, 9.17) is 11.1 Å². The molecule has 9 heteroatoms. The van der Waals surface area contributed by atoms with E-state index in [9.17, 15) is 13.2 Å². The number of anilines is 2. The molecule has 0 aliphatic carbocycles. The molecule has 0 saturated carbocycles. The lowest BCUT2D eigenvalue weighted by Crippen LogP contribution is -2.43. The highest BCUT2D eigenvalue weighted by atomic mass is 19.4. The van der Waals surface area contributed by atoms with Crippen molar-refractivity contribution >= 4 is 17.1 Å². The van der Waals surface area contributed by atoms with Crippen LogP contribution in [0.4, 0.5) is 24.5 Å². The highest BCUT2D eigenvalue weighted by Gasteiger charge is 2.43. The molecule has 0 spiro atoms. The number of fused-ring (bicyclic) bond motifs is 1. The molecule has 1 unspecified atom stereocenters. The first-order chi connectivity index (χ1) is 14.1. The van der Waals surface area contributed by atoms with Gasteiger partial charge in [0, 0.05) is 60.1 Å². The summed E-state index contributed by atoms with van der Waals surface area (Å²) >= 11 is 0. The van der Waals surface area contributed by atoms with E-state index in [1.165, 1.54) is 0 Å². The van der Waals surface area contributed by atoms with Crippen LogP contribution in [-0.2, 0) is 6.54 Å². The molecule has 4 rings (SSSR count). The first kappa shape index (κ1) is 20.2. The van der Waals surface area contributed by atoms with Gasteiger partial charge in [0.15, 0.2) is 0 Å². The van der Waals surface area contributed by atoms with Crippen molar-refractivity contribution in [2.45, 2.75) is 32.2 Å². The molecule has 1 atom stereocenters. The van der Waals surface area contributed by atoms with Crippen molar-refractivity contribution in [2.24, 2.45) is 0 Å². The number of hydrogen-bond acceptors (Lipinski definition) is 6. The van der Waals surface area contributed by atoms with E-state index in [1.54, 1.807) is 18.3 Å². The Morgan fingerprint density at radius 2 is 2.10 bits per heavy atom. The molecule has 1 saturated heterocycles. The van der Waals surface area contributed by atoms with Gasteiger partial charge in [0.2, 0.25) is 0 Å². The van der Waals surface area contributed by atoms with Crippen LogP contribution in [-0.4, -0.2) is 45.9 Å². The van der Waals surface area contributed by atoms with Crippen molar-refractivity contribution in [3.05, 3.63) is 65.2 Å². The molecule has 0 radical (unpaired) electrons. The number of nitrogens with one attached hydrogen (secondary N) is 2. The Bertz CT molecular complexity index is 1020. The third kappa shape index (κ3) is 3.72. The topological polar surface area (TPSA) is 81.3 Å². The average Bonchev–Trinajstić information content (AvgIpc) is 3.17. The summed E-state index contributed by atoms with van der Waals surface area (Å²) in [4.78, 5) is 6.56. The predicted molar refractivity (Wildman–Crippen MR) is 110 cm³/mol. The van der Waals surface area contributed by atoms with Gasteiger partial charge in [0.1, 0.15) is 0 Å². The monoisotopic (exact) mass is 416 g/mol. The Hall–Kier alpha value is -3.07. The minimum Gasteiger partial charge on any atom is -0.398 e. The van der Waals surface area contributed by atoms with Crippen molar-refractivity contribution in [1.29, 1.82) is 5.41 Å². The van der Waals surface area contributed by atoms with E-state index in [-0.39, 0.29) is 24.8 Å². The van der Waals surface area contributed by atoms with Gasteiger partial charge in [-0.2, -0.15) is 13.2 Å². The van der Waals surface area contributed by atoms with E-state index in [0.29, 0.717) is 40.5 Å². The van der Waals surface area contributed by atoms with Gasteiger partial charge in [-0.05, 0) is 43.2 Å². The van der Waals surface area contributed by atoms with E-state index in [0.717, 1.165) is 16.9 Å². The Balaban J connectivity index is 1.60. The van der Waals surface area contributed by atoms with E-state index in [1.807, 2.05) is 24.0 Å². The number of pyridine rings is 1. The summed E-state index contributed by atoms with van der Waals surface area (Å²) in [6.07, 6.45) is -2.27. The molecule has 30 heavy (non-hydrogen) atoms. The number of nitrogens with zero attached hydrogens (tertiary/aromatic N) is 3. The zero-order chi connectivity index (χ0) is 21.6. The molecular weight excluding hydrogens is 393 g/mol. The van der Waals surface area contributed by atoms with Crippen molar-refractivity contribution < 1.29 is 13.2 Å². The van der Waals surface area contributed by atoms with Crippen molar-refractivity contribution in [1.82, 2.24) is 14.8 Å². The number of halogens is 3. The number of alkyl halides is 3. The van der Waals surface area contributed by atoms with E-state index < -0.39 is 6.30 Å².